The Kier molecular flexibility index (Phi) is 5.63. The number of thioether (sulfide) groups is 1. The number of rotatable bonds is 4. The fourth-order valence-corrected chi connectivity index (χ4v) is 5.19. The molecule has 1 amide bonds. The first-order valence-electron chi connectivity index (χ1n) is 8.93. The molecule has 4 rings (SSSR count). The van der Waals surface area contributed by atoms with Gasteiger partial charge in [-0.25, -0.2) is 0 Å². The Morgan fingerprint density at radius 1 is 1.11 bits per heavy atom. The SMILES string of the molecule is Cc1ccc(N2CCN(CN3C(=O)/C(=C\c4cccs4)SC3=S)CC2)cc1. The number of carbonyl (C=O) groups excluding carboxylic acids is 1. The molecular weight excluding hydrogens is 394 g/mol. The lowest BCUT2D eigenvalue weighted by Gasteiger charge is -2.37. The normalized spacial score (nSPS) is 20.1. The largest absolute Gasteiger partial charge is 0.369 e. The molecule has 2 aliphatic heterocycles. The third-order valence-electron chi connectivity index (χ3n) is 4.80. The minimum Gasteiger partial charge on any atom is -0.369 e. The Hall–Kier alpha value is -1.67. The Morgan fingerprint density at radius 3 is 2.52 bits per heavy atom. The van der Waals surface area contributed by atoms with E-state index in [1.165, 1.54) is 23.0 Å². The van der Waals surface area contributed by atoms with Crippen LogP contribution in [0.25, 0.3) is 6.08 Å². The highest BCUT2D eigenvalue weighted by Crippen LogP contribution is 2.33. The number of nitrogens with zero attached hydrogens (tertiary/aromatic N) is 3. The highest BCUT2D eigenvalue weighted by atomic mass is 32.2. The second-order valence-corrected chi connectivity index (χ2v) is 9.36. The van der Waals surface area contributed by atoms with E-state index in [0.29, 0.717) is 11.0 Å². The summed E-state index contributed by atoms with van der Waals surface area (Å²) < 4.78 is 0.656. The van der Waals surface area contributed by atoms with E-state index in [4.69, 9.17) is 12.2 Å². The van der Waals surface area contributed by atoms with E-state index in [9.17, 15) is 4.79 Å². The lowest BCUT2D eigenvalue weighted by atomic mass is 10.2. The van der Waals surface area contributed by atoms with Crippen molar-refractivity contribution in [2.45, 2.75) is 6.92 Å². The number of hydrogen-bond donors (Lipinski definition) is 0. The van der Waals surface area contributed by atoms with Gasteiger partial charge in [0.2, 0.25) is 0 Å². The summed E-state index contributed by atoms with van der Waals surface area (Å²) in [5.41, 5.74) is 2.55. The van der Waals surface area contributed by atoms with Crippen LogP contribution in [-0.4, -0.2) is 52.9 Å². The van der Waals surface area contributed by atoms with Gasteiger partial charge in [-0.05, 0) is 36.6 Å². The van der Waals surface area contributed by atoms with Crippen LogP contribution in [0.15, 0.2) is 46.7 Å². The molecule has 0 atom stereocenters. The number of benzene rings is 1. The topological polar surface area (TPSA) is 26.8 Å². The van der Waals surface area contributed by atoms with Gasteiger partial charge in [-0.3, -0.25) is 14.6 Å². The zero-order valence-corrected chi connectivity index (χ0v) is 17.6. The van der Waals surface area contributed by atoms with Crippen molar-refractivity contribution >= 4 is 57.3 Å². The van der Waals surface area contributed by atoms with Crippen molar-refractivity contribution < 1.29 is 4.79 Å². The van der Waals surface area contributed by atoms with E-state index < -0.39 is 0 Å². The average molecular weight is 416 g/mol. The Bertz CT molecular complexity index is 853. The molecule has 1 aromatic heterocycles. The highest BCUT2D eigenvalue weighted by Gasteiger charge is 2.33. The Morgan fingerprint density at radius 2 is 1.85 bits per heavy atom. The molecule has 0 saturated carbocycles. The second kappa shape index (κ2) is 8.14. The summed E-state index contributed by atoms with van der Waals surface area (Å²) in [5.74, 6) is 0.0272. The van der Waals surface area contributed by atoms with Gasteiger partial charge in [-0.2, -0.15) is 0 Å². The molecule has 2 aliphatic rings. The first-order valence-corrected chi connectivity index (χ1v) is 11.0. The quantitative estimate of drug-likeness (QED) is 0.555. The molecule has 0 aliphatic carbocycles. The maximum atomic E-state index is 12.8. The zero-order chi connectivity index (χ0) is 18.8. The van der Waals surface area contributed by atoms with Gasteiger partial charge >= 0.3 is 0 Å². The van der Waals surface area contributed by atoms with Gasteiger partial charge in [-0.15, -0.1) is 11.3 Å². The molecular formula is C20H21N3OS3. The summed E-state index contributed by atoms with van der Waals surface area (Å²) >= 11 is 8.50. The van der Waals surface area contributed by atoms with Crippen molar-refractivity contribution in [3.63, 3.8) is 0 Å². The van der Waals surface area contributed by atoms with Crippen LogP contribution in [0.2, 0.25) is 0 Å². The van der Waals surface area contributed by atoms with Gasteiger partial charge in [0.15, 0.2) is 0 Å². The summed E-state index contributed by atoms with van der Waals surface area (Å²) in [4.78, 5) is 21.0. The van der Waals surface area contributed by atoms with Crippen molar-refractivity contribution in [1.29, 1.82) is 0 Å². The molecule has 2 fully saturated rings. The van der Waals surface area contributed by atoms with Crippen molar-refractivity contribution in [2.24, 2.45) is 0 Å². The molecule has 1 aromatic carbocycles. The molecule has 140 valence electrons. The maximum absolute atomic E-state index is 12.8. The van der Waals surface area contributed by atoms with Crippen LogP contribution in [0.4, 0.5) is 5.69 Å². The summed E-state index contributed by atoms with van der Waals surface area (Å²) in [6.45, 7) is 6.46. The predicted molar refractivity (Wildman–Crippen MR) is 119 cm³/mol. The van der Waals surface area contributed by atoms with E-state index in [2.05, 4.69) is 41.0 Å². The van der Waals surface area contributed by atoms with Gasteiger partial charge in [0.25, 0.3) is 5.91 Å². The van der Waals surface area contributed by atoms with Crippen LogP contribution < -0.4 is 4.90 Å². The molecule has 0 bridgehead atoms. The van der Waals surface area contributed by atoms with Crippen LogP contribution in [-0.2, 0) is 4.79 Å². The number of thiocarbonyl (C=S) groups is 1. The lowest BCUT2D eigenvalue weighted by Crippen LogP contribution is -2.50. The fraction of sp³-hybridized carbons (Fsp3) is 0.300. The molecule has 0 spiro atoms. The van der Waals surface area contributed by atoms with Crippen LogP contribution in [0.3, 0.4) is 0 Å². The number of piperazine rings is 1. The van der Waals surface area contributed by atoms with Gasteiger partial charge in [0.05, 0.1) is 11.6 Å². The Balaban J connectivity index is 1.35. The smallest absolute Gasteiger partial charge is 0.267 e. The minimum atomic E-state index is 0.0272. The molecule has 0 unspecified atom stereocenters. The maximum Gasteiger partial charge on any atom is 0.267 e. The van der Waals surface area contributed by atoms with Gasteiger partial charge < -0.3 is 4.90 Å². The standard InChI is InChI=1S/C20H21N3OS3/c1-15-4-6-16(7-5-15)22-10-8-21(9-11-22)14-23-19(24)18(27-20(23)25)13-17-3-2-12-26-17/h2-7,12-13H,8-11,14H2,1H3/b18-13+. The van der Waals surface area contributed by atoms with Crippen molar-refractivity contribution in [3.8, 4) is 0 Å². The third-order valence-corrected chi connectivity index (χ3v) is 7.00. The van der Waals surface area contributed by atoms with Crippen molar-refractivity contribution in [3.05, 3.63) is 57.1 Å². The summed E-state index contributed by atoms with van der Waals surface area (Å²) in [7, 11) is 0. The summed E-state index contributed by atoms with van der Waals surface area (Å²) in [5, 5.41) is 2.01. The number of carbonyl (C=O) groups is 1. The minimum absolute atomic E-state index is 0.0272. The average Bonchev–Trinajstić information content (AvgIpc) is 3.27. The van der Waals surface area contributed by atoms with Crippen molar-refractivity contribution in [1.82, 2.24) is 9.80 Å². The monoisotopic (exact) mass is 415 g/mol. The predicted octanol–water partition coefficient (Wildman–Crippen LogP) is 4.04. The molecule has 7 heteroatoms. The van der Waals surface area contributed by atoms with E-state index in [1.54, 1.807) is 16.2 Å². The molecule has 3 heterocycles. The first-order chi connectivity index (χ1) is 13.1. The number of anilines is 1. The third kappa shape index (κ3) is 4.27. The van der Waals surface area contributed by atoms with Gasteiger partial charge in [0, 0.05) is 36.7 Å². The highest BCUT2D eigenvalue weighted by molar-refractivity contribution is 8.26. The molecule has 4 nitrogen and oxygen atoms in total. The Labute approximate surface area is 173 Å². The lowest BCUT2D eigenvalue weighted by molar-refractivity contribution is -0.123. The van der Waals surface area contributed by atoms with Crippen LogP contribution in [0, 0.1) is 6.92 Å². The van der Waals surface area contributed by atoms with Crippen LogP contribution in [0.1, 0.15) is 10.4 Å². The van der Waals surface area contributed by atoms with E-state index >= 15 is 0 Å². The number of hydrogen-bond acceptors (Lipinski definition) is 6. The fourth-order valence-electron chi connectivity index (χ4n) is 3.23. The second-order valence-electron chi connectivity index (χ2n) is 6.71. The number of amides is 1. The molecule has 2 aromatic rings. The van der Waals surface area contributed by atoms with Crippen LogP contribution >= 0.6 is 35.3 Å². The molecule has 0 radical (unpaired) electrons. The van der Waals surface area contributed by atoms with E-state index in [1.807, 2.05) is 23.6 Å². The first kappa shape index (κ1) is 18.7. The van der Waals surface area contributed by atoms with E-state index in [-0.39, 0.29) is 5.91 Å². The zero-order valence-electron chi connectivity index (χ0n) is 15.1. The van der Waals surface area contributed by atoms with Gasteiger partial charge in [0.1, 0.15) is 4.32 Å². The van der Waals surface area contributed by atoms with Crippen LogP contribution in [0.5, 0.6) is 0 Å². The van der Waals surface area contributed by atoms with Gasteiger partial charge in [-0.1, -0.05) is 47.7 Å². The molecule has 27 heavy (non-hydrogen) atoms. The molecule has 2 saturated heterocycles. The number of aryl methyl sites for hydroxylation is 1. The number of thiophene rings is 1. The summed E-state index contributed by atoms with van der Waals surface area (Å²) in [6, 6.07) is 12.7. The molecule has 0 N–H and O–H groups in total. The van der Waals surface area contributed by atoms with E-state index in [0.717, 1.165) is 36.0 Å². The van der Waals surface area contributed by atoms with Crippen molar-refractivity contribution in [2.75, 3.05) is 37.7 Å². The summed E-state index contributed by atoms with van der Waals surface area (Å²) in [6.07, 6.45) is 1.94.